The molecule has 0 radical (unpaired) electrons. The van der Waals surface area contributed by atoms with E-state index in [0.717, 1.165) is 9.13 Å². The lowest BCUT2D eigenvalue weighted by Crippen LogP contribution is -2.27. The van der Waals surface area contributed by atoms with Crippen LogP contribution in [0.25, 0.3) is 21.5 Å². The van der Waals surface area contributed by atoms with Crippen LogP contribution in [-0.2, 0) is 13.1 Å². The summed E-state index contributed by atoms with van der Waals surface area (Å²) in [5, 5.41) is 17.9. The van der Waals surface area contributed by atoms with Gasteiger partial charge in [0.15, 0.2) is 0 Å². The Kier molecular flexibility index (Phi) is 4.32. The van der Waals surface area contributed by atoms with Crippen LogP contribution in [0.5, 0.6) is 0 Å². The minimum atomic E-state index is -0.653. The van der Waals surface area contributed by atoms with Gasteiger partial charge in [-0.25, -0.2) is 0 Å². The van der Waals surface area contributed by atoms with E-state index in [1.54, 1.807) is 0 Å². The van der Waals surface area contributed by atoms with Gasteiger partial charge in [-0.2, -0.15) is 0 Å². The van der Waals surface area contributed by atoms with Crippen molar-refractivity contribution in [3.05, 3.63) is 50.4 Å². The number of benzene rings is 1. The Labute approximate surface area is 149 Å². The standard InChI is InChI=1S/C14H10Br2N2O6/c15-9-5-6(12(22)17(1-3-19)11(5)21)10(16)8-7(9)13(23)18(2-4-20)14(8)24/h19-20H,1-4H2. The number of rotatable bonds is 4. The van der Waals surface area contributed by atoms with E-state index in [2.05, 4.69) is 31.9 Å². The molecule has 1 aromatic carbocycles. The second-order valence-electron chi connectivity index (χ2n) is 5.10. The summed E-state index contributed by atoms with van der Waals surface area (Å²) in [6.45, 7) is -1.17. The van der Waals surface area contributed by atoms with Crippen molar-refractivity contribution in [2.75, 3.05) is 13.2 Å². The summed E-state index contributed by atoms with van der Waals surface area (Å²) in [5.41, 5.74) is -2.61. The Balaban J connectivity index is 2.65. The number of aliphatic hydroxyl groups is 2. The fourth-order valence-corrected chi connectivity index (χ4v) is 4.29. The van der Waals surface area contributed by atoms with Crippen LogP contribution in [0, 0.1) is 0 Å². The van der Waals surface area contributed by atoms with Crippen molar-refractivity contribution in [2.24, 2.45) is 0 Å². The predicted octanol–water partition coefficient (Wildman–Crippen LogP) is -0.578. The Morgan fingerprint density at radius 1 is 0.625 bits per heavy atom. The molecule has 10 heteroatoms. The molecule has 0 saturated carbocycles. The minimum Gasteiger partial charge on any atom is -0.395 e. The van der Waals surface area contributed by atoms with Gasteiger partial charge in [0.1, 0.15) is 0 Å². The maximum absolute atomic E-state index is 12.5. The Hall–Kier alpha value is -1.62. The number of halogens is 2. The van der Waals surface area contributed by atoms with Gasteiger partial charge in [-0.05, 0) is 31.9 Å². The molecule has 0 spiro atoms. The zero-order valence-electron chi connectivity index (χ0n) is 12.0. The summed E-state index contributed by atoms with van der Waals surface area (Å²) in [6, 6.07) is 0. The molecule has 24 heavy (non-hydrogen) atoms. The third-order valence-corrected chi connectivity index (χ3v) is 5.45. The Morgan fingerprint density at radius 2 is 0.875 bits per heavy atom. The highest BCUT2D eigenvalue weighted by molar-refractivity contribution is 9.11. The molecule has 0 aliphatic heterocycles. The van der Waals surface area contributed by atoms with Crippen LogP contribution in [0.3, 0.4) is 0 Å². The SMILES string of the molecule is O=c1c2c(Br)c3c(=O)n(CCO)c(=O)c3c(Br)c2c(=O)n1CCO. The zero-order valence-corrected chi connectivity index (χ0v) is 15.2. The Bertz CT molecular complexity index is 1010. The molecule has 3 aromatic rings. The molecular weight excluding hydrogens is 452 g/mol. The first kappa shape index (κ1) is 17.2. The number of fused-ring (bicyclic) bond motifs is 2. The van der Waals surface area contributed by atoms with E-state index in [1.165, 1.54) is 0 Å². The molecule has 0 bridgehead atoms. The van der Waals surface area contributed by atoms with Crippen molar-refractivity contribution in [3.8, 4) is 0 Å². The molecule has 0 atom stereocenters. The first-order valence-corrected chi connectivity index (χ1v) is 8.44. The largest absolute Gasteiger partial charge is 0.395 e. The molecule has 0 aliphatic rings. The van der Waals surface area contributed by atoms with Crippen molar-refractivity contribution in [3.63, 3.8) is 0 Å². The lowest BCUT2D eigenvalue weighted by Gasteiger charge is -1.98. The molecule has 2 heterocycles. The maximum Gasteiger partial charge on any atom is 0.262 e. The molecule has 3 rings (SSSR count). The number of nitrogens with zero attached hydrogens (tertiary/aromatic N) is 2. The third-order valence-electron chi connectivity index (χ3n) is 3.86. The smallest absolute Gasteiger partial charge is 0.262 e. The van der Waals surface area contributed by atoms with Crippen LogP contribution >= 0.6 is 31.9 Å². The van der Waals surface area contributed by atoms with Crippen LogP contribution in [-0.4, -0.2) is 32.6 Å². The average molecular weight is 462 g/mol. The molecule has 0 saturated heterocycles. The van der Waals surface area contributed by atoms with Gasteiger partial charge in [0, 0.05) is 8.95 Å². The van der Waals surface area contributed by atoms with Crippen molar-refractivity contribution in [1.29, 1.82) is 0 Å². The van der Waals surface area contributed by atoms with E-state index >= 15 is 0 Å². The molecule has 0 fully saturated rings. The van der Waals surface area contributed by atoms with E-state index in [9.17, 15) is 19.2 Å². The average Bonchev–Trinajstić information content (AvgIpc) is 2.94. The second kappa shape index (κ2) is 6.03. The van der Waals surface area contributed by atoms with Crippen LogP contribution in [0.4, 0.5) is 0 Å². The van der Waals surface area contributed by atoms with Crippen molar-refractivity contribution >= 4 is 53.4 Å². The summed E-state index contributed by atoms with van der Waals surface area (Å²) < 4.78 is 1.84. The first-order valence-electron chi connectivity index (χ1n) is 6.85. The molecule has 8 nitrogen and oxygen atoms in total. The lowest BCUT2D eigenvalue weighted by molar-refractivity contribution is 0.273. The van der Waals surface area contributed by atoms with E-state index in [1.807, 2.05) is 0 Å². The molecule has 126 valence electrons. The fraction of sp³-hybridized carbons (Fsp3) is 0.286. The molecule has 0 amide bonds. The van der Waals surface area contributed by atoms with E-state index in [0.29, 0.717) is 0 Å². The van der Waals surface area contributed by atoms with Crippen LogP contribution in [0.1, 0.15) is 0 Å². The summed E-state index contributed by atoms with van der Waals surface area (Å²) in [6.07, 6.45) is 0. The van der Waals surface area contributed by atoms with Gasteiger partial charge in [0.05, 0.1) is 47.8 Å². The van der Waals surface area contributed by atoms with Crippen LogP contribution in [0.15, 0.2) is 28.1 Å². The molecule has 0 unspecified atom stereocenters. The zero-order chi connectivity index (χ0) is 17.8. The normalized spacial score (nSPS) is 11.8. The highest BCUT2D eigenvalue weighted by Crippen LogP contribution is 2.33. The minimum absolute atomic E-state index is 0.0222. The van der Waals surface area contributed by atoms with E-state index in [-0.39, 0.29) is 43.6 Å². The first-order chi connectivity index (χ1) is 11.4. The second-order valence-corrected chi connectivity index (χ2v) is 6.69. The monoisotopic (exact) mass is 460 g/mol. The van der Waals surface area contributed by atoms with Gasteiger partial charge in [-0.3, -0.25) is 28.3 Å². The number of aromatic nitrogens is 2. The van der Waals surface area contributed by atoms with Gasteiger partial charge in [0.25, 0.3) is 22.2 Å². The summed E-state index contributed by atoms with van der Waals surface area (Å²) in [5.74, 6) is 0. The van der Waals surface area contributed by atoms with Crippen molar-refractivity contribution in [2.45, 2.75) is 13.1 Å². The maximum atomic E-state index is 12.5. The number of hydrogen-bond acceptors (Lipinski definition) is 6. The topological polar surface area (TPSA) is 119 Å². The van der Waals surface area contributed by atoms with Gasteiger partial charge in [0.2, 0.25) is 0 Å². The molecule has 0 aliphatic carbocycles. The Morgan fingerprint density at radius 3 is 1.08 bits per heavy atom. The van der Waals surface area contributed by atoms with Crippen molar-refractivity contribution < 1.29 is 10.2 Å². The van der Waals surface area contributed by atoms with E-state index < -0.39 is 35.5 Å². The molecule has 2 N–H and O–H groups in total. The highest BCUT2D eigenvalue weighted by atomic mass is 79.9. The summed E-state index contributed by atoms with van der Waals surface area (Å²) in [4.78, 5) is 49.8. The van der Waals surface area contributed by atoms with Crippen LogP contribution < -0.4 is 22.2 Å². The summed E-state index contributed by atoms with van der Waals surface area (Å²) >= 11 is 6.33. The van der Waals surface area contributed by atoms with Crippen LogP contribution in [0.2, 0.25) is 0 Å². The third kappa shape index (κ3) is 2.10. The van der Waals surface area contributed by atoms with Gasteiger partial charge in [-0.1, -0.05) is 0 Å². The van der Waals surface area contributed by atoms with Gasteiger partial charge >= 0.3 is 0 Å². The van der Waals surface area contributed by atoms with Crippen molar-refractivity contribution in [1.82, 2.24) is 9.13 Å². The highest BCUT2D eigenvalue weighted by Gasteiger charge is 2.26. The predicted molar refractivity (Wildman–Crippen MR) is 94.5 cm³/mol. The van der Waals surface area contributed by atoms with E-state index in [4.69, 9.17) is 10.2 Å². The van der Waals surface area contributed by atoms with Gasteiger partial charge in [-0.15, -0.1) is 0 Å². The lowest BCUT2D eigenvalue weighted by atomic mass is 10.1. The van der Waals surface area contributed by atoms with Gasteiger partial charge < -0.3 is 10.2 Å². The molecular formula is C14H10Br2N2O6. The number of aliphatic hydroxyl groups excluding tert-OH is 2. The number of hydrogen-bond donors (Lipinski definition) is 2. The molecule has 2 aromatic heterocycles. The fourth-order valence-electron chi connectivity index (χ4n) is 2.82. The quantitative estimate of drug-likeness (QED) is 0.536. The summed E-state index contributed by atoms with van der Waals surface area (Å²) in [7, 11) is 0.